The number of fused-ring (bicyclic) bond motifs is 1. The van der Waals surface area contributed by atoms with E-state index in [0.717, 1.165) is 38.3 Å². The molecule has 1 fully saturated rings. The Kier molecular flexibility index (Phi) is 4.75. The van der Waals surface area contributed by atoms with Gasteiger partial charge in [-0.1, -0.05) is 72.8 Å². The maximum Gasteiger partial charge on any atom is 0.0542 e. The summed E-state index contributed by atoms with van der Waals surface area (Å²) in [6.07, 6.45) is 1.96. The second-order valence-electron chi connectivity index (χ2n) is 6.52. The smallest absolute Gasteiger partial charge is 0.0542 e. The zero-order valence-corrected chi connectivity index (χ0v) is 14.4. The molecule has 0 bridgehead atoms. The van der Waals surface area contributed by atoms with Gasteiger partial charge >= 0.3 is 0 Å². The molecule has 0 amide bonds. The van der Waals surface area contributed by atoms with Crippen molar-refractivity contribution in [2.24, 2.45) is 5.10 Å². The van der Waals surface area contributed by atoms with Gasteiger partial charge in [0.1, 0.15) is 0 Å². The third-order valence-corrected chi connectivity index (χ3v) is 4.79. The first-order valence-electron chi connectivity index (χ1n) is 8.91. The molecule has 3 aromatic rings. The fourth-order valence-electron chi connectivity index (χ4n) is 3.37. The Balaban J connectivity index is 1.36. The Morgan fingerprint density at radius 3 is 2.32 bits per heavy atom. The molecule has 1 aliphatic heterocycles. The Labute approximate surface area is 149 Å². The first-order valence-corrected chi connectivity index (χ1v) is 8.91. The number of benzene rings is 3. The summed E-state index contributed by atoms with van der Waals surface area (Å²) in [6, 6.07) is 25.5. The van der Waals surface area contributed by atoms with Crippen LogP contribution in [0.1, 0.15) is 11.1 Å². The van der Waals surface area contributed by atoms with E-state index in [1.807, 2.05) is 24.4 Å². The fourth-order valence-corrected chi connectivity index (χ4v) is 3.37. The van der Waals surface area contributed by atoms with Crippen molar-refractivity contribution in [1.82, 2.24) is 9.91 Å². The van der Waals surface area contributed by atoms with Crippen molar-refractivity contribution in [3.8, 4) is 0 Å². The molecule has 4 rings (SSSR count). The molecular weight excluding hydrogens is 306 g/mol. The van der Waals surface area contributed by atoms with Crippen molar-refractivity contribution in [3.05, 3.63) is 83.9 Å². The number of hydrogen-bond acceptors (Lipinski definition) is 3. The molecule has 0 N–H and O–H groups in total. The summed E-state index contributed by atoms with van der Waals surface area (Å²) in [4.78, 5) is 2.52. The standard InChI is InChI=1S/C22H23N3/c1-2-7-19(8-3-1)17-23-25-15-13-24(14-16-25)18-21-11-6-10-20-9-4-5-12-22(20)21/h1-12,17H,13-16,18H2/b23-17-. The van der Waals surface area contributed by atoms with Crippen LogP contribution in [-0.2, 0) is 6.54 Å². The molecule has 0 atom stereocenters. The van der Waals surface area contributed by atoms with E-state index < -0.39 is 0 Å². The summed E-state index contributed by atoms with van der Waals surface area (Å²) in [5.74, 6) is 0. The van der Waals surface area contributed by atoms with Gasteiger partial charge in [-0.25, -0.2) is 0 Å². The van der Waals surface area contributed by atoms with Crippen LogP contribution in [0.25, 0.3) is 10.8 Å². The summed E-state index contributed by atoms with van der Waals surface area (Å²) >= 11 is 0. The molecule has 1 heterocycles. The number of rotatable bonds is 4. The van der Waals surface area contributed by atoms with Crippen LogP contribution in [0.5, 0.6) is 0 Å². The van der Waals surface area contributed by atoms with Gasteiger partial charge in [-0.2, -0.15) is 5.10 Å². The van der Waals surface area contributed by atoms with E-state index in [1.54, 1.807) is 0 Å². The largest absolute Gasteiger partial charge is 0.295 e. The highest BCUT2D eigenvalue weighted by molar-refractivity contribution is 5.85. The summed E-state index contributed by atoms with van der Waals surface area (Å²) in [6.45, 7) is 5.07. The van der Waals surface area contributed by atoms with Gasteiger partial charge in [0.25, 0.3) is 0 Å². The van der Waals surface area contributed by atoms with Gasteiger partial charge in [-0.05, 0) is 21.9 Å². The van der Waals surface area contributed by atoms with Crippen LogP contribution in [0, 0.1) is 0 Å². The first-order chi connectivity index (χ1) is 12.4. The van der Waals surface area contributed by atoms with Crippen LogP contribution in [0.3, 0.4) is 0 Å². The highest BCUT2D eigenvalue weighted by Crippen LogP contribution is 2.20. The molecule has 0 radical (unpaired) electrons. The predicted molar refractivity (Wildman–Crippen MR) is 105 cm³/mol. The molecule has 0 spiro atoms. The monoisotopic (exact) mass is 329 g/mol. The molecule has 25 heavy (non-hydrogen) atoms. The van der Waals surface area contributed by atoms with Crippen LogP contribution >= 0.6 is 0 Å². The molecule has 1 saturated heterocycles. The number of hydrogen-bond donors (Lipinski definition) is 0. The first kappa shape index (κ1) is 15.9. The maximum absolute atomic E-state index is 4.63. The molecule has 3 heteroatoms. The Morgan fingerprint density at radius 2 is 1.48 bits per heavy atom. The van der Waals surface area contributed by atoms with Crippen molar-refractivity contribution < 1.29 is 0 Å². The van der Waals surface area contributed by atoms with Crippen LogP contribution in [0.15, 0.2) is 77.9 Å². The molecule has 0 aromatic heterocycles. The molecule has 0 aliphatic carbocycles. The average Bonchev–Trinajstić information content (AvgIpc) is 2.69. The number of piperazine rings is 1. The third-order valence-electron chi connectivity index (χ3n) is 4.79. The van der Waals surface area contributed by atoms with Crippen molar-refractivity contribution in [1.29, 1.82) is 0 Å². The summed E-state index contributed by atoms with van der Waals surface area (Å²) < 4.78 is 0. The van der Waals surface area contributed by atoms with Crippen LogP contribution < -0.4 is 0 Å². The summed E-state index contributed by atoms with van der Waals surface area (Å²) in [5.41, 5.74) is 2.57. The highest BCUT2D eigenvalue weighted by Gasteiger charge is 2.16. The molecular formula is C22H23N3. The highest BCUT2D eigenvalue weighted by atomic mass is 15.5. The molecule has 0 saturated carbocycles. The zero-order valence-electron chi connectivity index (χ0n) is 14.4. The fraction of sp³-hybridized carbons (Fsp3) is 0.227. The van der Waals surface area contributed by atoms with Gasteiger partial charge < -0.3 is 0 Å². The van der Waals surface area contributed by atoms with E-state index in [1.165, 1.54) is 16.3 Å². The topological polar surface area (TPSA) is 18.8 Å². The van der Waals surface area contributed by atoms with E-state index in [2.05, 4.69) is 69.6 Å². The Bertz CT molecular complexity index is 844. The molecule has 3 aromatic carbocycles. The maximum atomic E-state index is 4.63. The lowest BCUT2D eigenvalue weighted by Gasteiger charge is -2.33. The van der Waals surface area contributed by atoms with Gasteiger partial charge in [0.15, 0.2) is 0 Å². The van der Waals surface area contributed by atoms with Gasteiger partial charge in [0.2, 0.25) is 0 Å². The minimum absolute atomic E-state index is 0.980. The van der Waals surface area contributed by atoms with Crippen LogP contribution in [0.4, 0.5) is 0 Å². The predicted octanol–water partition coefficient (Wildman–Crippen LogP) is 3.99. The molecule has 0 unspecified atom stereocenters. The minimum Gasteiger partial charge on any atom is -0.295 e. The van der Waals surface area contributed by atoms with Gasteiger partial charge in [-0.15, -0.1) is 0 Å². The zero-order chi connectivity index (χ0) is 16.9. The quantitative estimate of drug-likeness (QED) is 0.674. The molecule has 3 nitrogen and oxygen atoms in total. The summed E-state index contributed by atoms with van der Waals surface area (Å²) in [5, 5.41) is 9.49. The van der Waals surface area contributed by atoms with Gasteiger partial charge in [0.05, 0.1) is 6.21 Å². The van der Waals surface area contributed by atoms with E-state index in [4.69, 9.17) is 0 Å². The lowest BCUT2D eigenvalue weighted by molar-refractivity contribution is 0.131. The summed E-state index contributed by atoms with van der Waals surface area (Å²) in [7, 11) is 0. The molecule has 1 aliphatic rings. The lowest BCUT2D eigenvalue weighted by Crippen LogP contribution is -2.43. The lowest BCUT2D eigenvalue weighted by atomic mass is 10.0. The Hall–Kier alpha value is -2.65. The van der Waals surface area contributed by atoms with Crippen molar-refractivity contribution in [3.63, 3.8) is 0 Å². The average molecular weight is 329 g/mol. The van der Waals surface area contributed by atoms with E-state index in [0.29, 0.717) is 0 Å². The van der Waals surface area contributed by atoms with Gasteiger partial charge in [-0.3, -0.25) is 9.91 Å². The van der Waals surface area contributed by atoms with Crippen molar-refractivity contribution in [2.75, 3.05) is 26.2 Å². The van der Waals surface area contributed by atoms with Crippen LogP contribution in [-0.4, -0.2) is 42.3 Å². The molecule has 126 valence electrons. The van der Waals surface area contributed by atoms with E-state index in [-0.39, 0.29) is 0 Å². The number of nitrogens with zero attached hydrogens (tertiary/aromatic N) is 3. The van der Waals surface area contributed by atoms with E-state index >= 15 is 0 Å². The SMILES string of the molecule is C(=N/N1CCN(Cc2cccc3ccccc23)CC1)/c1ccccc1. The third kappa shape index (κ3) is 3.89. The van der Waals surface area contributed by atoms with Crippen molar-refractivity contribution >= 4 is 17.0 Å². The van der Waals surface area contributed by atoms with E-state index in [9.17, 15) is 0 Å². The second-order valence-corrected chi connectivity index (χ2v) is 6.52. The Morgan fingerprint density at radius 1 is 0.760 bits per heavy atom. The van der Waals surface area contributed by atoms with Gasteiger partial charge in [0, 0.05) is 32.7 Å². The normalized spacial score (nSPS) is 15.9. The second kappa shape index (κ2) is 7.49. The van der Waals surface area contributed by atoms with Crippen LogP contribution in [0.2, 0.25) is 0 Å². The minimum atomic E-state index is 0.980. The number of hydrazone groups is 1. The van der Waals surface area contributed by atoms with Crippen molar-refractivity contribution in [2.45, 2.75) is 6.54 Å².